The molecule has 0 aromatic heterocycles. The zero-order chi connectivity index (χ0) is 9.10. The summed E-state index contributed by atoms with van der Waals surface area (Å²) in [5, 5.41) is 2.90. The van der Waals surface area contributed by atoms with Crippen molar-refractivity contribution in [3.05, 3.63) is 29.8 Å². The predicted molar refractivity (Wildman–Crippen MR) is 55.0 cm³/mol. The normalized spacial score (nSPS) is 21.8. The number of rotatable bonds is 2. The Morgan fingerprint density at radius 3 is 3.00 bits per heavy atom. The van der Waals surface area contributed by atoms with Gasteiger partial charge in [0.15, 0.2) is 5.37 Å². The van der Waals surface area contributed by atoms with Crippen molar-refractivity contribution in [2.75, 3.05) is 19.4 Å². The van der Waals surface area contributed by atoms with Gasteiger partial charge in [0.25, 0.3) is 0 Å². The largest absolute Gasteiger partial charge is 0.496 e. The second kappa shape index (κ2) is 4.03. The Kier molecular flexibility index (Phi) is 2.76. The summed E-state index contributed by atoms with van der Waals surface area (Å²) in [6.45, 7) is 1.22. The van der Waals surface area contributed by atoms with E-state index in [0.29, 0.717) is 5.37 Å². The van der Waals surface area contributed by atoms with Gasteiger partial charge in [-0.05, 0) is 12.1 Å². The molecule has 0 bridgehead atoms. The van der Waals surface area contributed by atoms with Crippen LogP contribution in [0.15, 0.2) is 24.3 Å². The zero-order valence-electron chi connectivity index (χ0n) is 7.69. The Labute approximate surface area is 82.7 Å². The van der Waals surface area contributed by atoms with Crippen molar-refractivity contribution < 1.29 is 10.1 Å². The van der Waals surface area contributed by atoms with E-state index >= 15 is 0 Å². The second-order valence-corrected chi connectivity index (χ2v) is 4.31. The van der Waals surface area contributed by atoms with Crippen LogP contribution in [0.3, 0.4) is 0 Å². The first-order valence-electron chi connectivity index (χ1n) is 4.49. The van der Waals surface area contributed by atoms with Gasteiger partial charge in [0.1, 0.15) is 5.75 Å². The number of hydrogen-bond acceptors (Lipinski definition) is 2. The molecule has 1 aromatic carbocycles. The molecule has 2 nitrogen and oxygen atoms in total. The molecule has 1 saturated heterocycles. The number of quaternary nitrogens is 1. The average molecular weight is 196 g/mol. The van der Waals surface area contributed by atoms with Gasteiger partial charge in [-0.2, -0.15) is 0 Å². The molecule has 1 heterocycles. The molecule has 2 N–H and O–H groups in total. The van der Waals surface area contributed by atoms with E-state index in [1.54, 1.807) is 7.11 Å². The standard InChI is InChI=1S/C10H13NOS/c1-12-9-5-3-2-4-8(9)10-11-6-7-13-10/h2-5,10-11H,6-7H2,1H3/p+1. The highest BCUT2D eigenvalue weighted by atomic mass is 32.2. The van der Waals surface area contributed by atoms with Gasteiger partial charge in [0.05, 0.1) is 19.2 Å². The van der Waals surface area contributed by atoms with Crippen LogP contribution in [0.5, 0.6) is 5.75 Å². The third-order valence-corrected chi connectivity index (χ3v) is 3.52. The van der Waals surface area contributed by atoms with Gasteiger partial charge >= 0.3 is 0 Å². The van der Waals surface area contributed by atoms with E-state index in [1.165, 1.54) is 17.9 Å². The fourth-order valence-electron chi connectivity index (χ4n) is 1.60. The first-order chi connectivity index (χ1) is 6.42. The molecule has 2 rings (SSSR count). The molecular weight excluding hydrogens is 182 g/mol. The molecule has 1 aromatic rings. The number of methoxy groups -OCH3 is 1. The molecule has 1 unspecified atom stereocenters. The number of hydrogen-bond donors (Lipinski definition) is 1. The molecule has 1 aliphatic heterocycles. The second-order valence-electron chi connectivity index (χ2n) is 3.06. The van der Waals surface area contributed by atoms with Gasteiger partial charge in [-0.3, -0.25) is 0 Å². The quantitative estimate of drug-likeness (QED) is 0.763. The van der Waals surface area contributed by atoms with Crippen LogP contribution < -0.4 is 10.1 Å². The molecule has 0 amide bonds. The van der Waals surface area contributed by atoms with Crippen LogP contribution in [0.1, 0.15) is 10.9 Å². The summed E-state index contributed by atoms with van der Waals surface area (Å²) in [7, 11) is 1.73. The third-order valence-electron chi connectivity index (χ3n) is 2.24. The lowest BCUT2D eigenvalue weighted by molar-refractivity contribution is -0.663. The summed E-state index contributed by atoms with van der Waals surface area (Å²) < 4.78 is 5.32. The minimum atomic E-state index is 0.538. The van der Waals surface area contributed by atoms with Crippen LogP contribution in [0.2, 0.25) is 0 Å². The molecule has 1 aliphatic rings. The lowest BCUT2D eigenvalue weighted by Crippen LogP contribution is -2.81. The zero-order valence-corrected chi connectivity index (χ0v) is 8.51. The Hall–Kier alpha value is -0.670. The number of thioether (sulfide) groups is 1. The summed E-state index contributed by atoms with van der Waals surface area (Å²) in [5.74, 6) is 2.25. The van der Waals surface area contributed by atoms with E-state index in [1.807, 2.05) is 23.9 Å². The highest BCUT2D eigenvalue weighted by molar-refractivity contribution is 7.99. The van der Waals surface area contributed by atoms with Crippen LogP contribution in [0.4, 0.5) is 0 Å². The van der Waals surface area contributed by atoms with Gasteiger partial charge in [0, 0.05) is 5.75 Å². The first kappa shape index (κ1) is 8.91. The van der Waals surface area contributed by atoms with Crippen molar-refractivity contribution in [1.29, 1.82) is 0 Å². The highest BCUT2D eigenvalue weighted by Gasteiger charge is 2.23. The molecular formula is C10H14NOS+. The highest BCUT2D eigenvalue weighted by Crippen LogP contribution is 2.31. The number of para-hydroxylation sites is 1. The van der Waals surface area contributed by atoms with Crippen LogP contribution >= 0.6 is 11.8 Å². The lowest BCUT2D eigenvalue weighted by atomic mass is 10.2. The minimum absolute atomic E-state index is 0.538. The van der Waals surface area contributed by atoms with Crippen LogP contribution in [-0.4, -0.2) is 19.4 Å². The Morgan fingerprint density at radius 2 is 2.31 bits per heavy atom. The van der Waals surface area contributed by atoms with Crippen molar-refractivity contribution in [2.24, 2.45) is 0 Å². The topological polar surface area (TPSA) is 25.8 Å². The van der Waals surface area contributed by atoms with E-state index in [-0.39, 0.29) is 0 Å². The number of nitrogens with two attached hydrogens (primary N) is 1. The maximum absolute atomic E-state index is 5.32. The summed E-state index contributed by atoms with van der Waals surface area (Å²) in [6, 6.07) is 8.27. The Balaban J connectivity index is 2.26. The summed E-state index contributed by atoms with van der Waals surface area (Å²) in [5.41, 5.74) is 1.31. The monoisotopic (exact) mass is 196 g/mol. The van der Waals surface area contributed by atoms with Crippen LogP contribution in [0, 0.1) is 0 Å². The van der Waals surface area contributed by atoms with Gasteiger partial charge in [-0.1, -0.05) is 23.9 Å². The number of ether oxygens (including phenoxy) is 1. The van der Waals surface area contributed by atoms with Crippen molar-refractivity contribution in [2.45, 2.75) is 5.37 Å². The fourth-order valence-corrected chi connectivity index (χ4v) is 2.77. The first-order valence-corrected chi connectivity index (χ1v) is 5.54. The van der Waals surface area contributed by atoms with Crippen molar-refractivity contribution in [3.8, 4) is 5.75 Å². The van der Waals surface area contributed by atoms with Crippen LogP contribution in [0.25, 0.3) is 0 Å². The van der Waals surface area contributed by atoms with Gasteiger partial charge < -0.3 is 10.1 Å². The third kappa shape index (κ3) is 1.81. The SMILES string of the molecule is COc1ccccc1C1[NH2+]CCS1. The van der Waals surface area contributed by atoms with Crippen molar-refractivity contribution in [1.82, 2.24) is 0 Å². The molecule has 0 radical (unpaired) electrons. The minimum Gasteiger partial charge on any atom is -0.496 e. The molecule has 0 spiro atoms. The molecule has 3 heteroatoms. The average Bonchev–Trinajstić information content (AvgIpc) is 2.70. The van der Waals surface area contributed by atoms with E-state index < -0.39 is 0 Å². The Morgan fingerprint density at radius 1 is 1.46 bits per heavy atom. The molecule has 1 fully saturated rings. The van der Waals surface area contributed by atoms with E-state index in [9.17, 15) is 0 Å². The molecule has 0 saturated carbocycles. The lowest BCUT2D eigenvalue weighted by Gasteiger charge is -2.10. The molecule has 1 atom stereocenters. The predicted octanol–water partition coefficient (Wildman–Crippen LogP) is 1.00. The van der Waals surface area contributed by atoms with Crippen molar-refractivity contribution in [3.63, 3.8) is 0 Å². The maximum Gasteiger partial charge on any atom is 0.162 e. The van der Waals surface area contributed by atoms with Gasteiger partial charge in [0.2, 0.25) is 0 Å². The molecule has 13 heavy (non-hydrogen) atoms. The summed E-state index contributed by atoms with van der Waals surface area (Å²) in [6.07, 6.45) is 0. The van der Waals surface area contributed by atoms with E-state index in [0.717, 1.165) is 5.75 Å². The maximum atomic E-state index is 5.32. The fraction of sp³-hybridized carbons (Fsp3) is 0.400. The van der Waals surface area contributed by atoms with E-state index in [2.05, 4.69) is 17.4 Å². The van der Waals surface area contributed by atoms with Crippen LogP contribution in [-0.2, 0) is 0 Å². The Bertz CT molecular complexity index is 284. The van der Waals surface area contributed by atoms with E-state index in [4.69, 9.17) is 4.74 Å². The smallest absolute Gasteiger partial charge is 0.162 e. The summed E-state index contributed by atoms with van der Waals surface area (Å²) in [4.78, 5) is 0. The molecule has 70 valence electrons. The van der Waals surface area contributed by atoms with Gasteiger partial charge in [-0.15, -0.1) is 0 Å². The molecule has 0 aliphatic carbocycles. The number of benzene rings is 1. The van der Waals surface area contributed by atoms with Crippen molar-refractivity contribution >= 4 is 11.8 Å². The summed E-state index contributed by atoms with van der Waals surface area (Å²) >= 11 is 1.99. The van der Waals surface area contributed by atoms with Gasteiger partial charge in [-0.25, -0.2) is 0 Å².